The summed E-state index contributed by atoms with van der Waals surface area (Å²) < 4.78 is 13.7. The molecule has 1 heterocycles. The summed E-state index contributed by atoms with van der Waals surface area (Å²) in [5, 5.41) is 6.79. The van der Waals surface area contributed by atoms with Crippen LogP contribution in [0.4, 0.5) is 27.4 Å². The Morgan fingerprint density at radius 2 is 1.57 bits per heavy atom. The molecule has 0 saturated heterocycles. The van der Waals surface area contributed by atoms with E-state index in [0.717, 1.165) is 11.3 Å². The van der Waals surface area contributed by atoms with Crippen LogP contribution in [0.25, 0.3) is 0 Å². The van der Waals surface area contributed by atoms with E-state index in [1.807, 2.05) is 25.1 Å². The highest BCUT2D eigenvalue weighted by molar-refractivity contribution is 6.31. The average Bonchev–Trinajstić information content (AvgIpc) is 2.55. The fourth-order valence-electron chi connectivity index (χ4n) is 2.08. The molecule has 1 aromatic heterocycles. The van der Waals surface area contributed by atoms with E-state index < -0.39 is 0 Å². The number of hydrogen-bond acceptors (Lipinski definition) is 4. The van der Waals surface area contributed by atoms with E-state index in [2.05, 4.69) is 20.6 Å². The highest BCUT2D eigenvalue weighted by Gasteiger charge is 2.06. The van der Waals surface area contributed by atoms with Crippen molar-refractivity contribution in [2.24, 2.45) is 0 Å². The van der Waals surface area contributed by atoms with E-state index in [0.29, 0.717) is 22.3 Å². The molecule has 4 nitrogen and oxygen atoms in total. The average molecular weight is 329 g/mol. The fourth-order valence-corrected chi connectivity index (χ4v) is 2.25. The fraction of sp³-hybridized carbons (Fsp3) is 0.0588. The van der Waals surface area contributed by atoms with Gasteiger partial charge in [0.05, 0.1) is 5.69 Å². The molecule has 2 N–H and O–H groups in total. The molecule has 0 aliphatic heterocycles. The number of rotatable bonds is 4. The van der Waals surface area contributed by atoms with Crippen LogP contribution in [0.1, 0.15) is 5.56 Å². The third kappa shape index (κ3) is 3.57. The van der Waals surface area contributed by atoms with Crippen molar-refractivity contribution in [3.63, 3.8) is 0 Å². The number of para-hydroxylation sites is 1. The van der Waals surface area contributed by atoms with Crippen LogP contribution in [0.15, 0.2) is 54.9 Å². The first-order chi connectivity index (χ1) is 11.1. The van der Waals surface area contributed by atoms with Crippen LogP contribution in [0.3, 0.4) is 0 Å². The Morgan fingerprint density at radius 1 is 0.913 bits per heavy atom. The van der Waals surface area contributed by atoms with Gasteiger partial charge >= 0.3 is 0 Å². The molecule has 0 saturated carbocycles. The van der Waals surface area contributed by atoms with Gasteiger partial charge in [0, 0.05) is 16.8 Å². The minimum atomic E-state index is -0.341. The van der Waals surface area contributed by atoms with Gasteiger partial charge in [0.2, 0.25) is 0 Å². The summed E-state index contributed by atoms with van der Waals surface area (Å²) in [6.07, 6.45) is 1.41. The second-order valence-corrected chi connectivity index (χ2v) is 5.34. The zero-order chi connectivity index (χ0) is 16.2. The summed E-state index contributed by atoms with van der Waals surface area (Å²) >= 11 is 6.11. The quantitative estimate of drug-likeness (QED) is 0.702. The predicted octanol–water partition coefficient (Wildman–Crippen LogP) is 5.06. The van der Waals surface area contributed by atoms with Gasteiger partial charge < -0.3 is 10.6 Å². The monoisotopic (exact) mass is 328 g/mol. The molecule has 0 radical (unpaired) electrons. The van der Waals surface area contributed by atoms with E-state index in [9.17, 15) is 4.39 Å². The molecule has 0 fully saturated rings. The Bertz CT molecular complexity index is 838. The van der Waals surface area contributed by atoms with Crippen molar-refractivity contribution >= 4 is 34.6 Å². The topological polar surface area (TPSA) is 49.8 Å². The first-order valence-corrected chi connectivity index (χ1v) is 7.37. The summed E-state index contributed by atoms with van der Waals surface area (Å²) in [5.74, 6) is 0.739. The summed E-state index contributed by atoms with van der Waals surface area (Å²) in [7, 11) is 0. The smallest absolute Gasteiger partial charge is 0.146 e. The molecule has 0 bridgehead atoms. The van der Waals surface area contributed by atoms with Gasteiger partial charge in [-0.05, 0) is 36.8 Å². The Labute approximate surface area is 138 Å². The summed E-state index contributed by atoms with van der Waals surface area (Å²) in [4.78, 5) is 8.27. The first kappa shape index (κ1) is 15.2. The molecule has 0 aliphatic carbocycles. The molecule has 6 heteroatoms. The maximum absolute atomic E-state index is 13.7. The van der Waals surface area contributed by atoms with E-state index >= 15 is 0 Å². The molecular formula is C17H14ClFN4. The van der Waals surface area contributed by atoms with E-state index in [1.54, 1.807) is 24.3 Å². The van der Waals surface area contributed by atoms with E-state index in [4.69, 9.17) is 11.6 Å². The summed E-state index contributed by atoms with van der Waals surface area (Å²) in [5.41, 5.74) is 2.14. The molecule has 0 spiro atoms. The lowest BCUT2D eigenvalue weighted by Gasteiger charge is -2.11. The molecule has 0 unspecified atom stereocenters. The van der Waals surface area contributed by atoms with Gasteiger partial charge in [-0.1, -0.05) is 29.8 Å². The molecule has 0 amide bonds. The summed E-state index contributed by atoms with van der Waals surface area (Å²) in [6, 6.07) is 13.7. The Kier molecular flexibility index (Phi) is 4.39. The van der Waals surface area contributed by atoms with Crippen molar-refractivity contribution in [3.8, 4) is 0 Å². The van der Waals surface area contributed by atoms with Crippen molar-refractivity contribution in [1.82, 2.24) is 9.97 Å². The van der Waals surface area contributed by atoms with Crippen LogP contribution in [-0.4, -0.2) is 9.97 Å². The van der Waals surface area contributed by atoms with Crippen LogP contribution in [-0.2, 0) is 0 Å². The Balaban J connectivity index is 1.83. The number of halogens is 2. The van der Waals surface area contributed by atoms with Gasteiger partial charge in [0.1, 0.15) is 23.8 Å². The van der Waals surface area contributed by atoms with Crippen molar-refractivity contribution in [3.05, 3.63) is 71.3 Å². The van der Waals surface area contributed by atoms with Crippen LogP contribution >= 0.6 is 11.6 Å². The van der Waals surface area contributed by atoms with Crippen molar-refractivity contribution in [2.45, 2.75) is 6.92 Å². The standard InChI is InChI=1S/C17H14ClFN4/c1-11-12(18)5-4-8-14(11)22-16-9-17(21-10-20-16)23-15-7-3-2-6-13(15)19/h2-10H,1H3,(H2,20,21,22,23). The van der Waals surface area contributed by atoms with Gasteiger partial charge in [-0.25, -0.2) is 14.4 Å². The zero-order valence-electron chi connectivity index (χ0n) is 12.3. The predicted molar refractivity (Wildman–Crippen MR) is 91.2 cm³/mol. The molecule has 3 rings (SSSR count). The van der Waals surface area contributed by atoms with E-state index in [-0.39, 0.29) is 5.82 Å². The Hall–Kier alpha value is -2.66. The van der Waals surface area contributed by atoms with Gasteiger partial charge in [0.15, 0.2) is 0 Å². The van der Waals surface area contributed by atoms with E-state index in [1.165, 1.54) is 12.4 Å². The molecule has 0 aliphatic rings. The van der Waals surface area contributed by atoms with Gasteiger partial charge in [0.25, 0.3) is 0 Å². The number of nitrogens with one attached hydrogen (secondary N) is 2. The third-order valence-corrected chi connectivity index (χ3v) is 3.74. The van der Waals surface area contributed by atoms with Crippen LogP contribution in [0.2, 0.25) is 5.02 Å². The highest BCUT2D eigenvalue weighted by Crippen LogP contribution is 2.26. The third-order valence-electron chi connectivity index (χ3n) is 3.33. The van der Waals surface area contributed by atoms with Crippen LogP contribution in [0.5, 0.6) is 0 Å². The number of benzene rings is 2. The second-order valence-electron chi connectivity index (χ2n) is 4.93. The number of hydrogen-bond donors (Lipinski definition) is 2. The zero-order valence-corrected chi connectivity index (χ0v) is 13.1. The minimum absolute atomic E-state index is 0.341. The van der Waals surface area contributed by atoms with Gasteiger partial charge in [-0.15, -0.1) is 0 Å². The molecule has 23 heavy (non-hydrogen) atoms. The van der Waals surface area contributed by atoms with Crippen LogP contribution < -0.4 is 10.6 Å². The van der Waals surface area contributed by atoms with Gasteiger partial charge in [-0.3, -0.25) is 0 Å². The van der Waals surface area contributed by atoms with Gasteiger partial charge in [-0.2, -0.15) is 0 Å². The number of aromatic nitrogens is 2. The molecule has 116 valence electrons. The minimum Gasteiger partial charge on any atom is -0.340 e. The van der Waals surface area contributed by atoms with Crippen molar-refractivity contribution < 1.29 is 4.39 Å². The lowest BCUT2D eigenvalue weighted by Crippen LogP contribution is -2.00. The molecular weight excluding hydrogens is 315 g/mol. The number of anilines is 4. The molecule has 3 aromatic rings. The number of nitrogens with zero attached hydrogens (tertiary/aromatic N) is 2. The van der Waals surface area contributed by atoms with Crippen molar-refractivity contribution in [1.29, 1.82) is 0 Å². The van der Waals surface area contributed by atoms with Crippen LogP contribution in [0, 0.1) is 12.7 Å². The normalized spacial score (nSPS) is 10.4. The molecule has 0 atom stereocenters. The maximum Gasteiger partial charge on any atom is 0.146 e. The first-order valence-electron chi connectivity index (χ1n) is 6.99. The SMILES string of the molecule is Cc1c(Cl)cccc1Nc1cc(Nc2ccccc2F)ncn1. The highest BCUT2D eigenvalue weighted by atomic mass is 35.5. The largest absolute Gasteiger partial charge is 0.340 e. The molecule has 2 aromatic carbocycles. The van der Waals surface area contributed by atoms with Crippen molar-refractivity contribution in [2.75, 3.05) is 10.6 Å². The lowest BCUT2D eigenvalue weighted by atomic mass is 10.2. The Morgan fingerprint density at radius 3 is 2.30 bits per heavy atom. The summed E-state index contributed by atoms with van der Waals surface area (Å²) in [6.45, 7) is 1.92. The second kappa shape index (κ2) is 6.62. The lowest BCUT2D eigenvalue weighted by molar-refractivity contribution is 0.632. The maximum atomic E-state index is 13.7.